The number of nitrogens with one attached hydrogen (secondary N) is 1. The molecule has 1 fully saturated rings. The lowest BCUT2D eigenvalue weighted by Crippen LogP contribution is -3.00. The second-order valence-corrected chi connectivity index (χ2v) is 11.1. The molecule has 0 radical (unpaired) electrons. The smallest absolute Gasteiger partial charge is 0.416 e. The fourth-order valence-electron chi connectivity index (χ4n) is 5.73. The Kier molecular flexibility index (Phi) is 10.00. The maximum absolute atomic E-state index is 13.8. The molecule has 0 spiro atoms. The van der Waals surface area contributed by atoms with Gasteiger partial charge in [-0.05, 0) is 61.5 Å². The van der Waals surface area contributed by atoms with Crippen LogP contribution in [0.1, 0.15) is 46.4 Å². The lowest BCUT2D eigenvalue weighted by Gasteiger charge is -2.29. The van der Waals surface area contributed by atoms with E-state index in [0.29, 0.717) is 34.7 Å². The van der Waals surface area contributed by atoms with Crippen molar-refractivity contribution in [2.24, 2.45) is 0 Å². The zero-order valence-corrected chi connectivity index (χ0v) is 26.5. The number of pyridine rings is 1. The van der Waals surface area contributed by atoms with E-state index >= 15 is 0 Å². The maximum atomic E-state index is 13.8. The van der Waals surface area contributed by atoms with E-state index in [4.69, 9.17) is 0 Å². The van der Waals surface area contributed by atoms with Gasteiger partial charge in [0.2, 0.25) is 0 Å². The standard InChI is InChI=1S/C32H31F3N6O2.HI/c1-22-27(29-13-15-38-40(29)25-11-9-23(21-36)10-12-25)20-28(30(42)37-14-6-18-41(2)16-3-4-17-41)31(43)39(22)26-8-5-7-24(19-26)32(33,34)35;/h5,7-13,15,19-20H,3-4,6,14,16-18H2,1-2H3;1H. The van der Waals surface area contributed by atoms with Crippen LogP contribution in [-0.4, -0.2) is 58.0 Å². The number of quaternary nitrogens is 1. The van der Waals surface area contributed by atoms with Crippen molar-refractivity contribution in [3.05, 3.63) is 99.6 Å². The summed E-state index contributed by atoms with van der Waals surface area (Å²) in [6, 6.07) is 16.4. The van der Waals surface area contributed by atoms with Gasteiger partial charge in [-0.2, -0.15) is 23.5 Å². The summed E-state index contributed by atoms with van der Waals surface area (Å²) in [6.07, 6.45) is 0.0306. The highest BCUT2D eigenvalue weighted by Crippen LogP contribution is 2.32. The van der Waals surface area contributed by atoms with Gasteiger partial charge in [0.25, 0.3) is 11.5 Å². The van der Waals surface area contributed by atoms with Gasteiger partial charge in [-0.3, -0.25) is 14.2 Å². The molecular weight excluding hydrogens is 684 g/mol. The molecule has 0 atom stereocenters. The number of rotatable bonds is 8. The minimum Gasteiger partial charge on any atom is -1.00 e. The molecule has 5 rings (SSSR count). The Bertz CT molecular complexity index is 1750. The average molecular weight is 717 g/mol. The van der Waals surface area contributed by atoms with Crippen molar-refractivity contribution >= 4 is 5.91 Å². The molecule has 0 saturated carbocycles. The highest BCUT2D eigenvalue weighted by molar-refractivity contribution is 5.95. The van der Waals surface area contributed by atoms with Crippen LogP contribution in [0.5, 0.6) is 0 Å². The Morgan fingerprint density at radius 1 is 1.07 bits per heavy atom. The van der Waals surface area contributed by atoms with Crippen molar-refractivity contribution in [1.29, 1.82) is 5.26 Å². The van der Waals surface area contributed by atoms with Crippen LogP contribution in [-0.2, 0) is 6.18 Å². The van der Waals surface area contributed by atoms with Crippen LogP contribution >= 0.6 is 0 Å². The second-order valence-electron chi connectivity index (χ2n) is 11.1. The Labute approximate surface area is 270 Å². The Hall–Kier alpha value is -3.96. The summed E-state index contributed by atoms with van der Waals surface area (Å²) < 4.78 is 44.5. The third kappa shape index (κ3) is 6.89. The van der Waals surface area contributed by atoms with Crippen molar-refractivity contribution < 1.29 is 46.4 Å². The number of alkyl halides is 3. The van der Waals surface area contributed by atoms with Crippen molar-refractivity contribution in [3.63, 3.8) is 0 Å². The highest BCUT2D eigenvalue weighted by atomic mass is 127. The average Bonchev–Trinajstić information content (AvgIpc) is 3.65. The summed E-state index contributed by atoms with van der Waals surface area (Å²) in [5.41, 5.74) is 0.558. The fraction of sp³-hybridized carbons (Fsp3) is 0.312. The summed E-state index contributed by atoms with van der Waals surface area (Å²) in [6.45, 7) is 5.09. The van der Waals surface area contributed by atoms with Gasteiger partial charge < -0.3 is 33.8 Å². The molecule has 1 N–H and O–H groups in total. The van der Waals surface area contributed by atoms with Crippen LogP contribution in [0.3, 0.4) is 0 Å². The number of amides is 1. The van der Waals surface area contributed by atoms with Crippen molar-refractivity contribution in [3.8, 4) is 28.7 Å². The summed E-state index contributed by atoms with van der Waals surface area (Å²) in [7, 11) is 2.20. The third-order valence-corrected chi connectivity index (χ3v) is 8.09. The first kappa shape index (κ1) is 32.9. The number of nitrogens with zero attached hydrogens (tertiary/aromatic N) is 5. The number of benzene rings is 2. The van der Waals surface area contributed by atoms with Gasteiger partial charge in [-0.1, -0.05) is 6.07 Å². The molecule has 0 bridgehead atoms. The summed E-state index contributed by atoms with van der Waals surface area (Å²) in [5, 5.41) is 16.4. The number of hydrogen-bond donors (Lipinski definition) is 1. The van der Waals surface area contributed by atoms with Crippen LogP contribution in [0.15, 0.2) is 71.7 Å². The van der Waals surface area contributed by atoms with Gasteiger partial charge in [0, 0.05) is 42.8 Å². The van der Waals surface area contributed by atoms with Crippen LogP contribution in [0.2, 0.25) is 0 Å². The minimum atomic E-state index is -4.62. The van der Waals surface area contributed by atoms with Crippen molar-refractivity contribution in [2.75, 3.05) is 33.2 Å². The van der Waals surface area contributed by atoms with Crippen LogP contribution in [0.25, 0.3) is 22.6 Å². The number of halogens is 4. The fourth-order valence-corrected chi connectivity index (χ4v) is 5.73. The van der Waals surface area contributed by atoms with Crippen LogP contribution in [0.4, 0.5) is 13.2 Å². The van der Waals surface area contributed by atoms with E-state index in [1.165, 1.54) is 31.0 Å². The molecule has 4 aromatic rings. The molecular formula is C32H32F3IN6O2. The van der Waals surface area contributed by atoms with E-state index in [2.05, 4.69) is 23.5 Å². The molecule has 2 aromatic carbocycles. The quantitative estimate of drug-likeness (QED) is 0.172. The zero-order valence-electron chi connectivity index (χ0n) is 24.4. The number of nitriles is 1. The SMILES string of the molecule is Cc1c(-c2ccnn2-c2ccc(C#N)cc2)cc(C(=O)NCCC[N+]2(C)CCCC2)c(=O)n1-c1cccc(C(F)(F)F)c1.[I-]. The molecule has 1 amide bonds. The van der Waals surface area contributed by atoms with Gasteiger partial charge in [0.05, 0.1) is 61.5 Å². The lowest BCUT2D eigenvalue weighted by atomic mass is 10.0. The molecule has 0 unspecified atom stereocenters. The predicted molar refractivity (Wildman–Crippen MR) is 156 cm³/mol. The topological polar surface area (TPSA) is 92.7 Å². The summed E-state index contributed by atoms with van der Waals surface area (Å²) >= 11 is 0. The van der Waals surface area contributed by atoms with Crippen LogP contribution < -0.4 is 34.9 Å². The summed E-state index contributed by atoms with van der Waals surface area (Å²) in [4.78, 5) is 27.2. The van der Waals surface area contributed by atoms with E-state index in [9.17, 15) is 28.0 Å². The van der Waals surface area contributed by atoms with Gasteiger partial charge in [-0.25, -0.2) is 4.68 Å². The van der Waals surface area contributed by atoms with E-state index in [0.717, 1.165) is 47.2 Å². The van der Waals surface area contributed by atoms with E-state index < -0.39 is 23.2 Å². The molecule has 1 saturated heterocycles. The molecule has 8 nitrogen and oxygen atoms in total. The molecule has 230 valence electrons. The highest BCUT2D eigenvalue weighted by Gasteiger charge is 2.31. The lowest BCUT2D eigenvalue weighted by molar-refractivity contribution is -0.897. The van der Waals surface area contributed by atoms with Gasteiger partial charge in [-0.15, -0.1) is 0 Å². The normalized spacial score (nSPS) is 14.1. The molecule has 3 heterocycles. The Balaban J connectivity index is 0.00000442. The van der Waals surface area contributed by atoms with Gasteiger partial charge in [0.15, 0.2) is 0 Å². The van der Waals surface area contributed by atoms with Crippen molar-refractivity contribution in [2.45, 2.75) is 32.4 Å². The van der Waals surface area contributed by atoms with Crippen LogP contribution in [0, 0.1) is 18.3 Å². The van der Waals surface area contributed by atoms with Crippen molar-refractivity contribution in [1.82, 2.24) is 19.7 Å². The molecule has 12 heteroatoms. The molecule has 2 aromatic heterocycles. The van der Waals surface area contributed by atoms with Gasteiger partial charge >= 0.3 is 6.18 Å². The molecule has 44 heavy (non-hydrogen) atoms. The number of carbonyl (C=O) groups is 1. The minimum absolute atomic E-state index is 0. The molecule has 1 aliphatic heterocycles. The number of aromatic nitrogens is 3. The third-order valence-electron chi connectivity index (χ3n) is 8.09. The number of likely N-dealkylation sites (tertiary alicyclic amines) is 1. The maximum Gasteiger partial charge on any atom is 0.416 e. The number of hydrogen-bond acceptors (Lipinski definition) is 4. The zero-order chi connectivity index (χ0) is 30.8. The first-order valence-corrected chi connectivity index (χ1v) is 14.1. The molecule has 0 aliphatic carbocycles. The Morgan fingerprint density at radius 2 is 1.77 bits per heavy atom. The first-order chi connectivity index (χ1) is 20.5. The number of carbonyl (C=O) groups excluding carboxylic acids is 1. The Morgan fingerprint density at radius 3 is 2.43 bits per heavy atom. The molecule has 1 aliphatic rings. The van der Waals surface area contributed by atoms with E-state index in [1.807, 2.05) is 0 Å². The largest absolute Gasteiger partial charge is 1.00 e. The monoisotopic (exact) mass is 716 g/mol. The predicted octanol–water partition coefficient (Wildman–Crippen LogP) is 2.25. The van der Waals surface area contributed by atoms with E-state index in [-0.39, 0.29) is 35.2 Å². The summed E-state index contributed by atoms with van der Waals surface area (Å²) in [5.74, 6) is -0.597. The second kappa shape index (κ2) is 13.4. The first-order valence-electron chi connectivity index (χ1n) is 14.1. The van der Waals surface area contributed by atoms with Gasteiger partial charge in [0.1, 0.15) is 5.56 Å². The van der Waals surface area contributed by atoms with E-state index in [1.54, 1.807) is 48.1 Å².